The van der Waals surface area contributed by atoms with Crippen LogP contribution in [0.3, 0.4) is 0 Å². The molecule has 6 heteroatoms. The number of anilines is 1. The van der Waals surface area contributed by atoms with Crippen molar-refractivity contribution in [2.75, 3.05) is 4.90 Å². The van der Waals surface area contributed by atoms with Crippen molar-refractivity contribution in [2.24, 2.45) is 0 Å². The fraction of sp³-hybridized carbons (Fsp3) is 0. The number of benzene rings is 1. The summed E-state index contributed by atoms with van der Waals surface area (Å²) in [4.78, 5) is 32.8. The van der Waals surface area contributed by atoms with Crippen LogP contribution in [0.15, 0.2) is 36.8 Å². The minimum atomic E-state index is -0.410. The standard InChI is InChI=1S/C12H6ClN3O2/c13-10-9(5-14-6-15-10)16-11(17)7-3-1-2-4-8(7)12(16)18/h1-6H. The number of amides is 2. The lowest BCUT2D eigenvalue weighted by Crippen LogP contribution is -2.29. The first-order valence-electron chi connectivity index (χ1n) is 5.13. The molecule has 1 aliphatic rings. The summed E-state index contributed by atoms with van der Waals surface area (Å²) < 4.78 is 0. The van der Waals surface area contributed by atoms with E-state index < -0.39 is 11.8 Å². The minimum Gasteiger partial charge on any atom is -0.268 e. The molecule has 88 valence electrons. The molecule has 5 nitrogen and oxygen atoms in total. The summed E-state index contributed by atoms with van der Waals surface area (Å²) in [5.74, 6) is -0.820. The summed E-state index contributed by atoms with van der Waals surface area (Å²) in [6.07, 6.45) is 2.60. The van der Waals surface area contributed by atoms with E-state index in [9.17, 15) is 9.59 Å². The Kier molecular flexibility index (Phi) is 2.34. The van der Waals surface area contributed by atoms with Gasteiger partial charge in [-0.15, -0.1) is 0 Å². The molecule has 2 aromatic rings. The molecule has 1 aromatic carbocycles. The molecule has 0 saturated heterocycles. The molecule has 0 bridgehead atoms. The van der Waals surface area contributed by atoms with Crippen LogP contribution in [-0.2, 0) is 0 Å². The second kappa shape index (κ2) is 3.89. The molecule has 0 unspecified atom stereocenters. The number of fused-ring (bicyclic) bond motifs is 1. The summed E-state index contributed by atoms with van der Waals surface area (Å²) in [6, 6.07) is 6.62. The predicted octanol–water partition coefficient (Wildman–Crippen LogP) is 1.93. The van der Waals surface area contributed by atoms with Gasteiger partial charge in [0.25, 0.3) is 11.8 Å². The van der Waals surface area contributed by atoms with E-state index >= 15 is 0 Å². The molecule has 3 rings (SSSR count). The zero-order valence-electron chi connectivity index (χ0n) is 9.00. The molecule has 0 fully saturated rings. The average Bonchev–Trinajstić information content (AvgIpc) is 2.64. The molecule has 0 atom stereocenters. The van der Waals surface area contributed by atoms with Gasteiger partial charge in [-0.1, -0.05) is 23.7 Å². The van der Waals surface area contributed by atoms with Crippen LogP contribution in [0.2, 0.25) is 5.15 Å². The van der Waals surface area contributed by atoms with Crippen LogP contribution in [0.5, 0.6) is 0 Å². The number of carbonyl (C=O) groups is 2. The van der Waals surface area contributed by atoms with E-state index in [1.54, 1.807) is 24.3 Å². The lowest BCUT2D eigenvalue weighted by Gasteiger charge is -2.13. The Labute approximate surface area is 107 Å². The Bertz CT molecular complexity index is 637. The molecule has 18 heavy (non-hydrogen) atoms. The second-order valence-electron chi connectivity index (χ2n) is 3.69. The van der Waals surface area contributed by atoms with Gasteiger partial charge < -0.3 is 0 Å². The van der Waals surface area contributed by atoms with Crippen molar-refractivity contribution in [2.45, 2.75) is 0 Å². The first-order chi connectivity index (χ1) is 8.70. The van der Waals surface area contributed by atoms with Gasteiger partial charge in [0.2, 0.25) is 0 Å². The van der Waals surface area contributed by atoms with Crippen LogP contribution in [0, 0.1) is 0 Å². The second-order valence-corrected chi connectivity index (χ2v) is 4.05. The molecule has 2 heterocycles. The third kappa shape index (κ3) is 1.41. The van der Waals surface area contributed by atoms with Crippen LogP contribution in [0.4, 0.5) is 5.69 Å². The first-order valence-corrected chi connectivity index (χ1v) is 5.51. The van der Waals surface area contributed by atoms with Gasteiger partial charge in [0.15, 0.2) is 5.15 Å². The molecule has 0 spiro atoms. The summed E-state index contributed by atoms with van der Waals surface area (Å²) >= 11 is 5.88. The zero-order valence-corrected chi connectivity index (χ0v) is 9.76. The number of hydrogen-bond acceptors (Lipinski definition) is 4. The maximum atomic E-state index is 12.2. The van der Waals surface area contributed by atoms with Gasteiger partial charge in [0, 0.05) is 0 Å². The predicted molar refractivity (Wildman–Crippen MR) is 64.6 cm³/mol. The van der Waals surface area contributed by atoms with Gasteiger partial charge in [-0.25, -0.2) is 14.9 Å². The van der Waals surface area contributed by atoms with Crippen molar-refractivity contribution in [1.29, 1.82) is 0 Å². The summed E-state index contributed by atoms with van der Waals surface area (Å²) in [5, 5.41) is 0.0690. The normalized spacial score (nSPS) is 13.9. The van der Waals surface area contributed by atoms with Crippen molar-refractivity contribution in [1.82, 2.24) is 9.97 Å². The quantitative estimate of drug-likeness (QED) is 0.580. The molecule has 0 saturated carbocycles. The average molecular weight is 260 g/mol. The van der Waals surface area contributed by atoms with Gasteiger partial charge in [-0.05, 0) is 12.1 Å². The monoisotopic (exact) mass is 259 g/mol. The Morgan fingerprint density at radius 3 is 2.22 bits per heavy atom. The Hall–Kier alpha value is -2.27. The SMILES string of the molecule is O=C1c2ccccc2C(=O)N1c1cncnc1Cl. The molecule has 0 N–H and O–H groups in total. The van der Waals surface area contributed by atoms with E-state index in [-0.39, 0.29) is 10.8 Å². The highest BCUT2D eigenvalue weighted by Gasteiger charge is 2.37. The number of imide groups is 1. The number of carbonyl (C=O) groups excluding carboxylic acids is 2. The fourth-order valence-corrected chi connectivity index (χ4v) is 2.04. The maximum Gasteiger partial charge on any atom is 0.266 e. The lowest BCUT2D eigenvalue weighted by atomic mass is 10.1. The van der Waals surface area contributed by atoms with Crippen LogP contribution in [-0.4, -0.2) is 21.8 Å². The molecule has 0 radical (unpaired) electrons. The zero-order chi connectivity index (χ0) is 12.7. The highest BCUT2D eigenvalue weighted by atomic mass is 35.5. The summed E-state index contributed by atoms with van der Waals surface area (Å²) in [6.45, 7) is 0. The highest BCUT2D eigenvalue weighted by molar-refractivity contribution is 6.39. The van der Waals surface area contributed by atoms with Crippen molar-refractivity contribution in [3.05, 3.63) is 53.1 Å². The van der Waals surface area contributed by atoms with E-state index in [4.69, 9.17) is 11.6 Å². The fourth-order valence-electron chi connectivity index (χ4n) is 1.87. The molecule has 1 aliphatic heterocycles. The van der Waals surface area contributed by atoms with Crippen molar-refractivity contribution < 1.29 is 9.59 Å². The topological polar surface area (TPSA) is 63.2 Å². The van der Waals surface area contributed by atoms with Crippen molar-refractivity contribution >= 4 is 29.1 Å². The van der Waals surface area contributed by atoms with Gasteiger partial charge in [0.1, 0.15) is 12.0 Å². The Morgan fingerprint density at radius 2 is 1.67 bits per heavy atom. The number of rotatable bonds is 1. The Morgan fingerprint density at radius 1 is 1.06 bits per heavy atom. The van der Waals surface area contributed by atoms with Gasteiger partial charge in [-0.3, -0.25) is 9.59 Å². The van der Waals surface area contributed by atoms with Crippen LogP contribution >= 0.6 is 11.6 Å². The smallest absolute Gasteiger partial charge is 0.266 e. The molecule has 1 aromatic heterocycles. The van der Waals surface area contributed by atoms with Gasteiger partial charge in [0.05, 0.1) is 17.3 Å². The molecule has 2 amide bonds. The number of aromatic nitrogens is 2. The lowest BCUT2D eigenvalue weighted by molar-refractivity contribution is 0.0926. The largest absolute Gasteiger partial charge is 0.268 e. The summed E-state index contributed by atoms with van der Waals surface area (Å²) in [7, 11) is 0. The van der Waals surface area contributed by atoms with E-state index in [0.29, 0.717) is 11.1 Å². The minimum absolute atomic E-state index is 0.0690. The van der Waals surface area contributed by atoms with Crippen LogP contribution in [0.1, 0.15) is 20.7 Å². The van der Waals surface area contributed by atoms with Gasteiger partial charge in [-0.2, -0.15) is 0 Å². The first kappa shape index (κ1) is 10.9. The third-order valence-electron chi connectivity index (χ3n) is 2.68. The van der Waals surface area contributed by atoms with E-state index in [2.05, 4.69) is 9.97 Å². The van der Waals surface area contributed by atoms with Crippen molar-refractivity contribution in [3.63, 3.8) is 0 Å². The summed E-state index contributed by atoms with van der Waals surface area (Å²) in [5.41, 5.74) is 0.926. The molecule has 0 aliphatic carbocycles. The Balaban J connectivity index is 2.16. The van der Waals surface area contributed by atoms with E-state index in [0.717, 1.165) is 4.90 Å². The third-order valence-corrected chi connectivity index (χ3v) is 2.97. The maximum absolute atomic E-state index is 12.2. The number of hydrogen-bond donors (Lipinski definition) is 0. The van der Waals surface area contributed by atoms with Gasteiger partial charge >= 0.3 is 0 Å². The number of nitrogens with zero attached hydrogens (tertiary/aromatic N) is 3. The van der Waals surface area contributed by atoms with E-state index in [1.807, 2.05) is 0 Å². The van der Waals surface area contributed by atoms with E-state index in [1.165, 1.54) is 12.5 Å². The number of halogens is 1. The van der Waals surface area contributed by atoms with Crippen LogP contribution < -0.4 is 4.90 Å². The highest BCUT2D eigenvalue weighted by Crippen LogP contribution is 2.31. The van der Waals surface area contributed by atoms with Crippen molar-refractivity contribution in [3.8, 4) is 0 Å². The molecular formula is C12H6ClN3O2. The van der Waals surface area contributed by atoms with Crippen LogP contribution in [0.25, 0.3) is 0 Å². The molecular weight excluding hydrogens is 254 g/mol.